The number of carbonyl (C=O) groups is 2. The molecule has 0 spiro atoms. The van der Waals surface area contributed by atoms with Crippen LogP contribution in [0.4, 0.5) is 0 Å². The van der Waals surface area contributed by atoms with Crippen molar-refractivity contribution in [2.75, 3.05) is 33.4 Å². The maximum Gasteiger partial charge on any atom is 0.236 e. The molecular formula is C33H38N4O4. The number of ether oxygens (including phenoxy) is 2. The van der Waals surface area contributed by atoms with E-state index >= 15 is 0 Å². The van der Waals surface area contributed by atoms with E-state index in [2.05, 4.69) is 33.4 Å². The zero-order valence-electron chi connectivity index (χ0n) is 23.6. The number of benzene rings is 2. The number of nitrogens with one attached hydrogen (secondary N) is 1. The number of hydrogen-bond acceptors (Lipinski definition) is 6. The van der Waals surface area contributed by atoms with Gasteiger partial charge in [0.2, 0.25) is 11.8 Å². The summed E-state index contributed by atoms with van der Waals surface area (Å²) in [6.45, 7) is 3.54. The van der Waals surface area contributed by atoms with Crippen LogP contribution in [0.1, 0.15) is 29.7 Å². The number of fused-ring (bicyclic) bond motifs is 3. The van der Waals surface area contributed by atoms with Crippen LogP contribution in [0.25, 0.3) is 0 Å². The van der Waals surface area contributed by atoms with Crippen LogP contribution in [0.15, 0.2) is 85.1 Å². The number of rotatable bonds is 7. The van der Waals surface area contributed by atoms with E-state index in [1.54, 1.807) is 13.3 Å². The smallest absolute Gasteiger partial charge is 0.236 e. The van der Waals surface area contributed by atoms with Gasteiger partial charge in [0.05, 0.1) is 25.9 Å². The fourth-order valence-electron chi connectivity index (χ4n) is 5.60. The van der Waals surface area contributed by atoms with Crippen LogP contribution in [0.5, 0.6) is 11.5 Å². The zero-order chi connectivity index (χ0) is 28.4. The summed E-state index contributed by atoms with van der Waals surface area (Å²) < 4.78 is 11.6. The Hall–Kier alpha value is -4.17. The second kappa shape index (κ2) is 13.9. The van der Waals surface area contributed by atoms with E-state index in [9.17, 15) is 9.59 Å². The van der Waals surface area contributed by atoms with Crippen LogP contribution in [0, 0.1) is 11.8 Å². The molecule has 8 nitrogen and oxygen atoms in total. The first kappa shape index (κ1) is 28.4. The van der Waals surface area contributed by atoms with Gasteiger partial charge in [-0.15, -0.1) is 0 Å². The van der Waals surface area contributed by atoms with Crippen molar-refractivity contribution < 1.29 is 19.1 Å². The third kappa shape index (κ3) is 7.95. The Balaban J connectivity index is 1.31. The summed E-state index contributed by atoms with van der Waals surface area (Å²) in [5.41, 5.74) is 2.95. The quantitative estimate of drug-likeness (QED) is 0.441. The van der Waals surface area contributed by atoms with Crippen molar-refractivity contribution in [3.63, 3.8) is 0 Å². The predicted molar refractivity (Wildman–Crippen MR) is 157 cm³/mol. The number of pyridine rings is 1. The molecular weight excluding hydrogens is 516 g/mol. The highest BCUT2D eigenvalue weighted by atomic mass is 16.5. The molecule has 3 aromatic rings. The van der Waals surface area contributed by atoms with Crippen LogP contribution in [0.3, 0.4) is 0 Å². The van der Waals surface area contributed by atoms with E-state index in [4.69, 9.17) is 9.47 Å². The van der Waals surface area contributed by atoms with E-state index in [-0.39, 0.29) is 30.2 Å². The minimum absolute atomic E-state index is 0.00591. The van der Waals surface area contributed by atoms with Gasteiger partial charge < -0.3 is 19.7 Å². The van der Waals surface area contributed by atoms with Crippen molar-refractivity contribution in [3.05, 3.63) is 102 Å². The summed E-state index contributed by atoms with van der Waals surface area (Å²) >= 11 is 0. The average Bonchev–Trinajstić information content (AvgIpc) is 3.00. The van der Waals surface area contributed by atoms with Crippen molar-refractivity contribution in [1.29, 1.82) is 0 Å². The molecule has 1 fully saturated rings. The van der Waals surface area contributed by atoms with Gasteiger partial charge in [0.1, 0.15) is 18.1 Å². The average molecular weight is 555 g/mol. The van der Waals surface area contributed by atoms with Gasteiger partial charge in [0, 0.05) is 44.4 Å². The highest BCUT2D eigenvalue weighted by Crippen LogP contribution is 2.29. The molecule has 8 heteroatoms. The number of nitrogens with zero attached hydrogens (tertiary/aromatic N) is 3. The molecule has 2 aromatic carbocycles. The Labute approximate surface area is 242 Å². The normalized spacial score (nSPS) is 20.4. The fraction of sp³-hybridized carbons (Fsp3) is 0.364. The topological polar surface area (TPSA) is 84.0 Å². The van der Waals surface area contributed by atoms with E-state index in [1.807, 2.05) is 65.6 Å². The van der Waals surface area contributed by atoms with Gasteiger partial charge in [-0.2, -0.15) is 0 Å². The summed E-state index contributed by atoms with van der Waals surface area (Å²) in [7, 11) is 1.66. The maximum atomic E-state index is 13.7. The van der Waals surface area contributed by atoms with Gasteiger partial charge in [0.15, 0.2) is 0 Å². The van der Waals surface area contributed by atoms with Gasteiger partial charge in [0.25, 0.3) is 0 Å². The van der Waals surface area contributed by atoms with E-state index in [0.29, 0.717) is 45.8 Å². The SMILES string of the molecule is COc1cccc(CN2CC(=O)N3CC[C@@H](CC(=O)NCc4ccccn4)[C@@H](/C=C\COc4ccccc4C2)C3)c1. The summed E-state index contributed by atoms with van der Waals surface area (Å²) in [5, 5.41) is 3.01. The van der Waals surface area contributed by atoms with Crippen molar-refractivity contribution in [2.45, 2.75) is 32.5 Å². The number of hydrogen-bond donors (Lipinski definition) is 1. The second-order valence-corrected chi connectivity index (χ2v) is 10.7. The van der Waals surface area contributed by atoms with Crippen molar-refractivity contribution >= 4 is 11.8 Å². The first-order valence-corrected chi connectivity index (χ1v) is 14.2. The molecule has 0 saturated carbocycles. The number of methoxy groups -OCH3 is 1. The largest absolute Gasteiger partial charge is 0.497 e. The Morgan fingerprint density at radius 3 is 2.83 bits per heavy atom. The summed E-state index contributed by atoms with van der Waals surface area (Å²) in [5.74, 6) is 1.93. The molecule has 1 N–H and O–H groups in total. The zero-order valence-corrected chi connectivity index (χ0v) is 23.6. The first-order valence-electron chi connectivity index (χ1n) is 14.2. The molecule has 1 saturated heterocycles. The number of aromatic nitrogens is 1. The first-order chi connectivity index (χ1) is 20.1. The lowest BCUT2D eigenvalue weighted by molar-refractivity contribution is -0.135. The Morgan fingerprint density at radius 1 is 1.10 bits per heavy atom. The van der Waals surface area contributed by atoms with Gasteiger partial charge >= 0.3 is 0 Å². The summed E-state index contributed by atoms with van der Waals surface area (Å²) in [6, 6.07) is 21.6. The molecule has 2 aliphatic rings. The van der Waals surface area contributed by atoms with E-state index in [0.717, 1.165) is 34.7 Å². The lowest BCUT2D eigenvalue weighted by atomic mass is 9.82. The molecule has 2 aliphatic heterocycles. The summed E-state index contributed by atoms with van der Waals surface area (Å²) in [4.78, 5) is 34.9. The number of carbonyl (C=O) groups excluding carboxylic acids is 2. The fourth-order valence-corrected chi connectivity index (χ4v) is 5.60. The molecule has 3 heterocycles. The number of para-hydroxylation sites is 1. The van der Waals surface area contributed by atoms with E-state index < -0.39 is 0 Å². The summed E-state index contributed by atoms with van der Waals surface area (Å²) in [6.07, 6.45) is 7.07. The van der Waals surface area contributed by atoms with Crippen molar-refractivity contribution in [3.8, 4) is 11.5 Å². The Kier molecular flexibility index (Phi) is 9.65. The van der Waals surface area contributed by atoms with Crippen molar-refractivity contribution in [2.24, 2.45) is 11.8 Å². The molecule has 2 bridgehead atoms. The molecule has 0 aliphatic carbocycles. The van der Waals surface area contributed by atoms with Crippen LogP contribution in [-0.4, -0.2) is 59.9 Å². The lowest BCUT2D eigenvalue weighted by Crippen LogP contribution is -2.47. The molecule has 214 valence electrons. The minimum atomic E-state index is 0.00591. The number of piperidine rings is 1. The molecule has 0 radical (unpaired) electrons. The highest BCUT2D eigenvalue weighted by molar-refractivity contribution is 5.79. The monoisotopic (exact) mass is 554 g/mol. The molecule has 5 rings (SSSR count). The van der Waals surface area contributed by atoms with Crippen LogP contribution in [-0.2, 0) is 29.2 Å². The number of amides is 2. The Bertz CT molecular complexity index is 1350. The van der Waals surface area contributed by atoms with Gasteiger partial charge in [-0.25, -0.2) is 0 Å². The molecule has 2 amide bonds. The third-order valence-corrected chi connectivity index (χ3v) is 7.78. The molecule has 1 aromatic heterocycles. The van der Waals surface area contributed by atoms with E-state index in [1.165, 1.54) is 0 Å². The van der Waals surface area contributed by atoms with Gasteiger partial charge in [-0.1, -0.05) is 48.6 Å². The minimum Gasteiger partial charge on any atom is -0.497 e. The van der Waals surface area contributed by atoms with Gasteiger partial charge in [-0.3, -0.25) is 19.5 Å². The van der Waals surface area contributed by atoms with Crippen LogP contribution >= 0.6 is 0 Å². The second-order valence-electron chi connectivity index (χ2n) is 10.7. The molecule has 41 heavy (non-hydrogen) atoms. The highest BCUT2D eigenvalue weighted by Gasteiger charge is 2.32. The maximum absolute atomic E-state index is 13.7. The molecule has 0 unspecified atom stereocenters. The van der Waals surface area contributed by atoms with Crippen LogP contribution < -0.4 is 14.8 Å². The predicted octanol–water partition coefficient (Wildman–Crippen LogP) is 4.21. The van der Waals surface area contributed by atoms with Crippen molar-refractivity contribution in [1.82, 2.24) is 20.1 Å². The molecule has 2 atom stereocenters. The Morgan fingerprint density at radius 2 is 1.98 bits per heavy atom. The standard InChI is InChI=1S/C33H38N4O4/c1-40-30-12-6-8-25(18-30)21-36-22-28-9-2-3-13-31(28)41-17-7-10-27-23-37(33(39)24-36)16-14-26(27)19-32(38)35-20-29-11-4-5-15-34-29/h2-13,15,18,26-27H,14,16-17,19-24H2,1H3,(H,35,38)/b10-7-/t26-,27-/m0/s1. The van der Waals surface area contributed by atoms with Gasteiger partial charge in [-0.05, 0) is 54.2 Å². The third-order valence-electron chi connectivity index (χ3n) is 7.78. The van der Waals surface area contributed by atoms with Crippen LogP contribution in [0.2, 0.25) is 0 Å². The lowest BCUT2D eigenvalue weighted by Gasteiger charge is -2.38.